The minimum Gasteiger partial charge on any atom is -0.309 e. The van der Waals surface area contributed by atoms with Crippen LogP contribution in [0.3, 0.4) is 0 Å². The van der Waals surface area contributed by atoms with Crippen LogP contribution in [-0.2, 0) is 0 Å². The Kier molecular flexibility index (Phi) is 11.5. The van der Waals surface area contributed by atoms with E-state index in [4.69, 9.17) is 24.9 Å². The van der Waals surface area contributed by atoms with E-state index in [0.717, 1.165) is 61.8 Å². The molecule has 0 spiro atoms. The maximum absolute atomic E-state index is 5.28. The quantitative estimate of drug-likeness (QED) is 0.159. The lowest BCUT2D eigenvalue weighted by molar-refractivity contribution is 0.857. The van der Waals surface area contributed by atoms with Crippen LogP contribution in [0, 0.1) is 0 Å². The molecular weight excluding hydrogens is 1010 g/mol. The van der Waals surface area contributed by atoms with Crippen molar-refractivity contribution in [3.05, 3.63) is 308 Å². The maximum atomic E-state index is 5.28. The molecule has 0 radical (unpaired) electrons. The van der Waals surface area contributed by atoms with Crippen molar-refractivity contribution in [3.63, 3.8) is 0 Å². The molecule has 0 amide bonds. The molecule has 4 aromatic heterocycles. The summed E-state index contributed by atoms with van der Waals surface area (Å²) in [4.78, 5) is 25.9. The normalized spacial score (nSPS) is 12.7. The smallest absolute Gasteiger partial charge is 0.165 e. The molecule has 0 fully saturated rings. The minimum absolute atomic E-state index is 0.176. The van der Waals surface area contributed by atoms with Crippen LogP contribution in [0.4, 0.5) is 0 Å². The number of hydrogen-bond acceptors (Lipinski definition) is 5. The van der Waals surface area contributed by atoms with Gasteiger partial charge in [-0.3, -0.25) is 4.57 Å². The Labute approximate surface area is 478 Å². The summed E-state index contributed by atoms with van der Waals surface area (Å²) < 4.78 is 4.73. The zero-order chi connectivity index (χ0) is 54.8. The Hall–Kier alpha value is -11.2. The first-order chi connectivity index (χ1) is 41.2. The van der Waals surface area contributed by atoms with Gasteiger partial charge in [-0.15, -0.1) is 0 Å². The lowest BCUT2D eigenvalue weighted by Gasteiger charge is -2.18. The van der Waals surface area contributed by atoms with E-state index in [9.17, 15) is 0 Å². The third kappa shape index (κ3) is 8.08. The highest BCUT2D eigenvalue weighted by molar-refractivity contribution is 6.22. The second-order valence-corrected chi connectivity index (χ2v) is 21.1. The van der Waals surface area contributed by atoms with E-state index in [2.05, 4.69) is 234 Å². The van der Waals surface area contributed by atoms with Crippen LogP contribution in [0.25, 0.3) is 133 Å². The third-order valence-corrected chi connectivity index (χ3v) is 16.3. The van der Waals surface area contributed by atoms with Crippen LogP contribution in [-0.4, -0.2) is 34.1 Å². The molecule has 1 aliphatic carbocycles. The van der Waals surface area contributed by atoms with Crippen molar-refractivity contribution in [2.75, 3.05) is 0 Å². The van der Waals surface area contributed by atoms with Crippen molar-refractivity contribution in [2.24, 2.45) is 0 Å². The van der Waals surface area contributed by atoms with E-state index in [1.807, 2.05) is 66.7 Å². The monoisotopic (exact) mass is 1060 g/mol. The molecule has 83 heavy (non-hydrogen) atoms. The van der Waals surface area contributed by atoms with Gasteiger partial charge in [0.2, 0.25) is 0 Å². The van der Waals surface area contributed by atoms with Crippen LogP contribution in [0.15, 0.2) is 291 Å². The van der Waals surface area contributed by atoms with Crippen LogP contribution >= 0.6 is 0 Å². The van der Waals surface area contributed by atoms with Crippen molar-refractivity contribution in [1.29, 1.82) is 0 Å². The molecule has 0 bridgehead atoms. The van der Waals surface area contributed by atoms with Crippen LogP contribution in [0.1, 0.15) is 22.9 Å². The number of para-hydroxylation sites is 4. The van der Waals surface area contributed by atoms with Crippen LogP contribution < -0.4 is 0 Å². The lowest BCUT2D eigenvalue weighted by atomic mass is 9.93. The summed E-state index contributed by atoms with van der Waals surface area (Å²) in [5.74, 6) is 2.76. The number of rotatable bonds is 7. The zero-order valence-corrected chi connectivity index (χ0v) is 44.9. The first-order valence-corrected chi connectivity index (χ1v) is 28.1. The number of benzene rings is 12. The average Bonchev–Trinajstić information content (AvgIpc) is 3.29. The van der Waals surface area contributed by atoms with Crippen molar-refractivity contribution in [3.8, 4) is 67.8 Å². The SMILES string of the molecule is c1ccc(-c2ccc3c4c5ccccc5ccc4n(-c4nc5ccccc5nc4-c4ccccc4)c3c2)cc1.c1ccc(-c2nc(-c3ccccc3)nc(C3c4ccccc4-c4ccc5c6ccccc6n(-c6ccccc6)c5c43)n2)cc1. The second kappa shape index (κ2) is 19.9. The molecule has 1 atom stereocenters. The summed E-state index contributed by atoms with van der Waals surface area (Å²) >= 11 is 0. The molecule has 17 rings (SSSR count). The highest BCUT2D eigenvalue weighted by Gasteiger charge is 2.36. The summed E-state index contributed by atoms with van der Waals surface area (Å²) in [7, 11) is 0. The largest absolute Gasteiger partial charge is 0.309 e. The molecule has 1 unspecified atom stereocenters. The van der Waals surface area contributed by atoms with Gasteiger partial charge in [0.25, 0.3) is 0 Å². The summed E-state index contributed by atoms with van der Waals surface area (Å²) in [5.41, 5.74) is 18.6. The topological polar surface area (TPSA) is 74.3 Å². The molecule has 0 aliphatic heterocycles. The molecule has 7 nitrogen and oxygen atoms in total. The molecule has 16 aromatic rings. The fourth-order valence-corrected chi connectivity index (χ4v) is 12.6. The van der Waals surface area contributed by atoms with Gasteiger partial charge < -0.3 is 4.57 Å². The van der Waals surface area contributed by atoms with Gasteiger partial charge in [-0.2, -0.15) is 0 Å². The number of fused-ring (bicyclic) bond motifs is 13. The third-order valence-electron chi connectivity index (χ3n) is 16.3. The van der Waals surface area contributed by atoms with E-state index >= 15 is 0 Å². The fourth-order valence-electron chi connectivity index (χ4n) is 12.6. The van der Waals surface area contributed by atoms with E-state index < -0.39 is 0 Å². The van der Waals surface area contributed by atoms with Gasteiger partial charge >= 0.3 is 0 Å². The Morgan fingerprint density at radius 2 is 0.880 bits per heavy atom. The lowest BCUT2D eigenvalue weighted by Crippen LogP contribution is -2.10. The number of nitrogens with zero attached hydrogens (tertiary/aromatic N) is 7. The molecule has 1 aliphatic rings. The van der Waals surface area contributed by atoms with Crippen molar-refractivity contribution in [2.45, 2.75) is 5.92 Å². The number of hydrogen-bond donors (Lipinski definition) is 0. The fraction of sp³-hybridized carbons (Fsp3) is 0.0132. The Bertz CT molecular complexity index is 5080. The summed E-state index contributed by atoms with van der Waals surface area (Å²) in [5, 5.41) is 7.36. The highest BCUT2D eigenvalue weighted by Crippen LogP contribution is 2.52. The van der Waals surface area contributed by atoms with E-state index in [0.29, 0.717) is 11.6 Å². The Morgan fingerprint density at radius 1 is 0.313 bits per heavy atom. The van der Waals surface area contributed by atoms with Crippen molar-refractivity contribution < 1.29 is 0 Å². The van der Waals surface area contributed by atoms with Gasteiger partial charge in [0.1, 0.15) is 11.5 Å². The summed E-state index contributed by atoms with van der Waals surface area (Å²) in [6.45, 7) is 0. The molecule has 4 heterocycles. The van der Waals surface area contributed by atoms with Gasteiger partial charge in [-0.25, -0.2) is 24.9 Å². The van der Waals surface area contributed by atoms with Crippen LogP contribution in [0.5, 0.6) is 0 Å². The summed E-state index contributed by atoms with van der Waals surface area (Å²) in [6.07, 6.45) is 0. The van der Waals surface area contributed by atoms with Crippen LogP contribution in [0.2, 0.25) is 0 Å². The average molecular weight is 1060 g/mol. The second-order valence-electron chi connectivity index (χ2n) is 21.1. The number of aromatic nitrogens is 7. The van der Waals surface area contributed by atoms with Crippen molar-refractivity contribution >= 4 is 65.4 Å². The minimum atomic E-state index is -0.176. The predicted octanol–water partition coefficient (Wildman–Crippen LogP) is 18.7. The predicted molar refractivity (Wildman–Crippen MR) is 340 cm³/mol. The van der Waals surface area contributed by atoms with Gasteiger partial charge in [0.15, 0.2) is 17.5 Å². The van der Waals surface area contributed by atoms with E-state index in [1.165, 1.54) is 76.7 Å². The summed E-state index contributed by atoms with van der Waals surface area (Å²) in [6, 6.07) is 102. The molecule has 0 N–H and O–H groups in total. The standard InChI is InChI=1S/C40H26N4.C36H23N3/c1-4-14-26(15-5-1)38-41-39(27-16-6-2-7-17-27)43-40(42-38)36-31-22-11-10-20-29(31)32-24-25-33-30-21-12-13-23-34(30)44(37(33)35(32)36)28-18-8-3-9-19-28;1-3-11-24(12-4-1)27-19-21-29-33(23-27)39(32-22-20-25-13-7-8-16-28(25)34(29)32)36-35(26-14-5-2-6-15-26)37-30-17-9-10-18-31(30)38-36/h1-25,36H;1-23H. The zero-order valence-electron chi connectivity index (χ0n) is 44.9. The molecule has 388 valence electrons. The Balaban J connectivity index is 0.000000137. The molecular formula is C76H49N7. The van der Waals surface area contributed by atoms with Gasteiger partial charge in [-0.1, -0.05) is 249 Å². The first kappa shape index (κ1) is 47.8. The van der Waals surface area contributed by atoms with Gasteiger partial charge in [0, 0.05) is 43.9 Å². The van der Waals surface area contributed by atoms with Crippen molar-refractivity contribution in [1.82, 2.24) is 34.1 Å². The van der Waals surface area contributed by atoms with E-state index in [-0.39, 0.29) is 5.92 Å². The molecule has 7 heteroatoms. The molecule has 0 saturated heterocycles. The Morgan fingerprint density at radius 3 is 1.59 bits per heavy atom. The van der Waals surface area contributed by atoms with E-state index in [1.54, 1.807) is 0 Å². The molecule has 12 aromatic carbocycles. The maximum Gasteiger partial charge on any atom is 0.165 e. The van der Waals surface area contributed by atoms with Gasteiger partial charge in [0.05, 0.1) is 39.0 Å². The molecule has 0 saturated carbocycles. The first-order valence-electron chi connectivity index (χ1n) is 28.1. The van der Waals surface area contributed by atoms with Gasteiger partial charge in [-0.05, 0) is 86.6 Å². The highest BCUT2D eigenvalue weighted by atomic mass is 15.1.